The van der Waals surface area contributed by atoms with Crippen molar-refractivity contribution in [2.45, 2.75) is 38.0 Å². The first kappa shape index (κ1) is 8.28. The first-order valence-corrected chi connectivity index (χ1v) is 7.76. The summed E-state index contributed by atoms with van der Waals surface area (Å²) in [7, 11) is -0.881. The van der Waals surface area contributed by atoms with E-state index in [1.165, 1.54) is 12.8 Å². The summed E-state index contributed by atoms with van der Waals surface area (Å²) >= 11 is 0. The van der Waals surface area contributed by atoms with Crippen molar-refractivity contribution in [3.63, 3.8) is 0 Å². The van der Waals surface area contributed by atoms with Crippen LogP contribution in [-0.2, 0) is 4.74 Å². The summed E-state index contributed by atoms with van der Waals surface area (Å²) in [5, 5.41) is 0. The SMILES string of the molecule is C[Si](C)(C)C1CCCOC1. The van der Waals surface area contributed by atoms with E-state index in [0.717, 1.165) is 18.8 Å². The molecule has 0 bridgehead atoms. The molecular weight excluding hydrogens is 140 g/mol. The van der Waals surface area contributed by atoms with Crippen LogP contribution in [-0.4, -0.2) is 21.3 Å². The maximum absolute atomic E-state index is 5.44. The molecule has 10 heavy (non-hydrogen) atoms. The standard InChI is InChI=1S/C8H18OSi/c1-10(2,3)8-5-4-6-9-7-8/h8H,4-7H2,1-3H3. The van der Waals surface area contributed by atoms with Crippen LogP contribution < -0.4 is 0 Å². The molecule has 1 aliphatic rings. The largest absolute Gasteiger partial charge is 0.381 e. The van der Waals surface area contributed by atoms with E-state index in [2.05, 4.69) is 19.6 Å². The molecule has 1 saturated heterocycles. The summed E-state index contributed by atoms with van der Waals surface area (Å²) in [4.78, 5) is 0. The maximum Gasteiger partial charge on any atom is 0.0500 e. The van der Waals surface area contributed by atoms with Crippen molar-refractivity contribution in [3.8, 4) is 0 Å². The predicted molar refractivity (Wildman–Crippen MR) is 47.1 cm³/mol. The molecule has 0 amide bonds. The van der Waals surface area contributed by atoms with E-state index in [1.807, 2.05) is 0 Å². The molecule has 0 aromatic heterocycles. The molecule has 0 saturated carbocycles. The van der Waals surface area contributed by atoms with Crippen molar-refractivity contribution in [3.05, 3.63) is 0 Å². The lowest BCUT2D eigenvalue weighted by molar-refractivity contribution is 0.0950. The van der Waals surface area contributed by atoms with Crippen LogP contribution >= 0.6 is 0 Å². The lowest BCUT2D eigenvalue weighted by Gasteiger charge is -2.31. The monoisotopic (exact) mass is 158 g/mol. The fraction of sp³-hybridized carbons (Fsp3) is 1.00. The molecule has 1 heterocycles. The number of hydrogen-bond acceptors (Lipinski definition) is 1. The van der Waals surface area contributed by atoms with Gasteiger partial charge in [-0.3, -0.25) is 0 Å². The highest BCUT2D eigenvalue weighted by atomic mass is 28.3. The van der Waals surface area contributed by atoms with Gasteiger partial charge in [0, 0.05) is 21.3 Å². The maximum atomic E-state index is 5.44. The average Bonchev–Trinajstić information content (AvgIpc) is 1.88. The molecule has 0 aromatic rings. The molecule has 0 radical (unpaired) electrons. The Morgan fingerprint density at radius 1 is 1.30 bits per heavy atom. The van der Waals surface area contributed by atoms with Gasteiger partial charge < -0.3 is 4.74 Å². The molecule has 0 N–H and O–H groups in total. The Bertz CT molecular complexity index is 100. The van der Waals surface area contributed by atoms with Crippen molar-refractivity contribution in [1.29, 1.82) is 0 Å². The second-order valence-electron chi connectivity index (χ2n) is 4.28. The first-order chi connectivity index (χ1) is 4.61. The Hall–Kier alpha value is 0.177. The summed E-state index contributed by atoms with van der Waals surface area (Å²) in [6, 6.07) is 0. The highest BCUT2D eigenvalue weighted by Crippen LogP contribution is 2.29. The summed E-state index contributed by atoms with van der Waals surface area (Å²) < 4.78 is 5.44. The molecule has 0 aromatic carbocycles. The van der Waals surface area contributed by atoms with Gasteiger partial charge >= 0.3 is 0 Å². The van der Waals surface area contributed by atoms with Crippen LogP contribution in [0.5, 0.6) is 0 Å². The smallest absolute Gasteiger partial charge is 0.0500 e. The zero-order valence-electron chi connectivity index (χ0n) is 7.31. The van der Waals surface area contributed by atoms with Crippen LogP contribution in [0.4, 0.5) is 0 Å². The summed E-state index contributed by atoms with van der Waals surface area (Å²) in [6.45, 7) is 9.35. The second-order valence-corrected chi connectivity index (χ2v) is 9.83. The van der Waals surface area contributed by atoms with E-state index in [0.29, 0.717) is 0 Å². The number of ether oxygens (including phenoxy) is 1. The van der Waals surface area contributed by atoms with Crippen LogP contribution in [0.1, 0.15) is 12.8 Å². The highest BCUT2D eigenvalue weighted by Gasteiger charge is 2.28. The average molecular weight is 158 g/mol. The van der Waals surface area contributed by atoms with Gasteiger partial charge in [-0.05, 0) is 18.4 Å². The predicted octanol–water partition coefficient (Wildman–Crippen LogP) is 2.51. The fourth-order valence-corrected chi connectivity index (χ4v) is 3.11. The minimum atomic E-state index is -0.881. The minimum Gasteiger partial charge on any atom is -0.381 e. The van der Waals surface area contributed by atoms with Crippen LogP contribution in [0.2, 0.25) is 25.2 Å². The van der Waals surface area contributed by atoms with E-state index < -0.39 is 8.07 Å². The van der Waals surface area contributed by atoms with Crippen molar-refractivity contribution >= 4 is 8.07 Å². The van der Waals surface area contributed by atoms with Crippen molar-refractivity contribution in [2.24, 2.45) is 0 Å². The lowest BCUT2D eigenvalue weighted by Crippen LogP contribution is -2.33. The Labute approximate surface area is 64.8 Å². The molecule has 1 fully saturated rings. The molecule has 2 heteroatoms. The third-order valence-electron chi connectivity index (χ3n) is 2.39. The van der Waals surface area contributed by atoms with E-state index in [9.17, 15) is 0 Å². The minimum absolute atomic E-state index is 0.881. The van der Waals surface area contributed by atoms with Gasteiger partial charge in [0.25, 0.3) is 0 Å². The molecular formula is C8H18OSi. The Morgan fingerprint density at radius 3 is 2.30 bits per heavy atom. The molecule has 1 rings (SSSR count). The Balaban J connectivity index is 2.39. The van der Waals surface area contributed by atoms with Gasteiger partial charge in [0.05, 0.1) is 0 Å². The molecule has 0 aliphatic carbocycles. The lowest BCUT2D eigenvalue weighted by atomic mass is 10.2. The number of rotatable bonds is 1. The topological polar surface area (TPSA) is 9.23 Å². The van der Waals surface area contributed by atoms with Crippen LogP contribution in [0.25, 0.3) is 0 Å². The summed E-state index contributed by atoms with van der Waals surface area (Å²) in [5.74, 6) is 0. The first-order valence-electron chi connectivity index (χ1n) is 4.18. The normalized spacial score (nSPS) is 28.5. The third-order valence-corrected chi connectivity index (χ3v) is 5.29. The molecule has 1 unspecified atom stereocenters. The number of hydrogen-bond donors (Lipinski definition) is 0. The van der Waals surface area contributed by atoms with E-state index in [4.69, 9.17) is 4.74 Å². The molecule has 1 atom stereocenters. The van der Waals surface area contributed by atoms with Gasteiger partial charge in [-0.25, -0.2) is 0 Å². The highest BCUT2D eigenvalue weighted by molar-refractivity contribution is 6.77. The van der Waals surface area contributed by atoms with Gasteiger partial charge in [-0.2, -0.15) is 0 Å². The van der Waals surface area contributed by atoms with Gasteiger partial charge in [0.2, 0.25) is 0 Å². The fourth-order valence-electron chi connectivity index (χ4n) is 1.42. The zero-order chi connectivity index (χ0) is 7.61. The van der Waals surface area contributed by atoms with Gasteiger partial charge in [0.15, 0.2) is 0 Å². The van der Waals surface area contributed by atoms with Crippen molar-refractivity contribution in [2.75, 3.05) is 13.2 Å². The summed E-state index contributed by atoms with van der Waals surface area (Å²) in [6.07, 6.45) is 2.70. The summed E-state index contributed by atoms with van der Waals surface area (Å²) in [5.41, 5.74) is 0.918. The van der Waals surface area contributed by atoms with Crippen molar-refractivity contribution in [1.82, 2.24) is 0 Å². The molecule has 60 valence electrons. The van der Waals surface area contributed by atoms with Gasteiger partial charge in [-0.15, -0.1) is 0 Å². The van der Waals surface area contributed by atoms with Crippen LogP contribution in [0.15, 0.2) is 0 Å². The van der Waals surface area contributed by atoms with E-state index in [1.54, 1.807) is 0 Å². The Kier molecular flexibility index (Phi) is 2.53. The van der Waals surface area contributed by atoms with E-state index in [-0.39, 0.29) is 0 Å². The van der Waals surface area contributed by atoms with Crippen molar-refractivity contribution < 1.29 is 4.74 Å². The molecule has 1 nitrogen and oxygen atoms in total. The van der Waals surface area contributed by atoms with Crippen LogP contribution in [0.3, 0.4) is 0 Å². The van der Waals surface area contributed by atoms with Crippen LogP contribution in [0, 0.1) is 0 Å². The zero-order valence-corrected chi connectivity index (χ0v) is 8.31. The molecule has 1 aliphatic heterocycles. The van der Waals surface area contributed by atoms with Gasteiger partial charge in [0.1, 0.15) is 0 Å². The van der Waals surface area contributed by atoms with Gasteiger partial charge in [-0.1, -0.05) is 19.6 Å². The van der Waals surface area contributed by atoms with E-state index >= 15 is 0 Å². The Morgan fingerprint density at radius 2 is 2.00 bits per heavy atom. The third kappa shape index (κ3) is 2.10. The molecule has 0 spiro atoms. The quantitative estimate of drug-likeness (QED) is 0.533. The second kappa shape index (κ2) is 3.05.